The van der Waals surface area contributed by atoms with Crippen molar-refractivity contribution in [3.05, 3.63) is 52.5 Å². The Labute approximate surface area is 197 Å². The van der Waals surface area contributed by atoms with E-state index in [4.69, 9.17) is 0 Å². The highest BCUT2D eigenvalue weighted by Gasteiger charge is 2.29. The zero-order valence-electron chi connectivity index (χ0n) is 18.2. The molecular formula is C22H27FN4O4S2. The van der Waals surface area contributed by atoms with Gasteiger partial charge < -0.3 is 9.80 Å². The number of sulfonamides is 1. The van der Waals surface area contributed by atoms with Crippen molar-refractivity contribution in [2.75, 3.05) is 58.9 Å². The molecule has 33 heavy (non-hydrogen) atoms. The molecule has 0 radical (unpaired) electrons. The van der Waals surface area contributed by atoms with Gasteiger partial charge in [0.2, 0.25) is 15.9 Å². The molecule has 2 fully saturated rings. The first kappa shape index (κ1) is 23.8. The topological polar surface area (TPSA) is 81.2 Å². The maximum Gasteiger partial charge on any atom is 0.264 e. The van der Waals surface area contributed by atoms with Gasteiger partial charge in [-0.25, -0.2) is 12.8 Å². The van der Waals surface area contributed by atoms with Crippen molar-refractivity contribution in [1.82, 2.24) is 19.0 Å². The first-order valence-electron chi connectivity index (χ1n) is 10.9. The average Bonchev–Trinajstić information content (AvgIpc) is 3.25. The van der Waals surface area contributed by atoms with Crippen molar-refractivity contribution in [2.45, 2.75) is 11.3 Å². The summed E-state index contributed by atoms with van der Waals surface area (Å²) in [7, 11) is -3.70. The van der Waals surface area contributed by atoms with Crippen LogP contribution in [0.15, 0.2) is 46.7 Å². The molecule has 178 valence electrons. The predicted octanol–water partition coefficient (Wildman–Crippen LogP) is 1.57. The van der Waals surface area contributed by atoms with Crippen LogP contribution in [-0.4, -0.2) is 98.1 Å². The summed E-state index contributed by atoms with van der Waals surface area (Å²) < 4.78 is 40.3. The van der Waals surface area contributed by atoms with Gasteiger partial charge in [-0.2, -0.15) is 4.31 Å². The quantitative estimate of drug-likeness (QED) is 0.630. The lowest BCUT2D eigenvalue weighted by atomic mass is 10.2. The molecule has 4 rings (SSSR count). The fraction of sp³-hybridized carbons (Fsp3) is 0.455. The van der Waals surface area contributed by atoms with Crippen LogP contribution in [-0.2, 0) is 14.8 Å². The molecule has 11 heteroatoms. The monoisotopic (exact) mass is 494 g/mol. The first-order chi connectivity index (χ1) is 15.8. The van der Waals surface area contributed by atoms with Gasteiger partial charge in [-0.1, -0.05) is 6.07 Å². The lowest BCUT2D eigenvalue weighted by Gasteiger charge is -2.35. The number of benzene rings is 1. The molecule has 1 aromatic carbocycles. The summed E-state index contributed by atoms with van der Waals surface area (Å²) in [5.41, 5.74) is 0. The van der Waals surface area contributed by atoms with E-state index in [9.17, 15) is 22.4 Å². The van der Waals surface area contributed by atoms with Crippen LogP contribution in [0.5, 0.6) is 0 Å². The zero-order valence-corrected chi connectivity index (χ0v) is 19.9. The Morgan fingerprint density at radius 2 is 1.58 bits per heavy atom. The van der Waals surface area contributed by atoms with Crippen molar-refractivity contribution in [1.29, 1.82) is 0 Å². The van der Waals surface area contributed by atoms with E-state index in [1.807, 2.05) is 22.4 Å². The Balaban J connectivity index is 1.27. The van der Waals surface area contributed by atoms with E-state index in [0.717, 1.165) is 12.1 Å². The molecular weight excluding hydrogens is 467 g/mol. The van der Waals surface area contributed by atoms with E-state index in [0.29, 0.717) is 57.1 Å². The number of piperazine rings is 1. The largest absolute Gasteiger partial charge is 0.338 e. The lowest BCUT2D eigenvalue weighted by Crippen LogP contribution is -2.52. The van der Waals surface area contributed by atoms with E-state index in [2.05, 4.69) is 0 Å². The molecule has 2 amide bonds. The minimum absolute atomic E-state index is 0.00642. The molecule has 3 heterocycles. The van der Waals surface area contributed by atoms with Crippen molar-refractivity contribution in [3.8, 4) is 0 Å². The Morgan fingerprint density at radius 1 is 0.879 bits per heavy atom. The SMILES string of the molecule is O=C(CN1CCCN(S(=O)(=O)c2ccc(F)cc2)CC1)N1CCN(C(=O)c2cccs2)CC1. The molecule has 0 N–H and O–H groups in total. The molecule has 0 saturated carbocycles. The molecule has 0 aliphatic carbocycles. The summed E-state index contributed by atoms with van der Waals surface area (Å²) in [5.74, 6) is -0.480. The molecule has 2 saturated heterocycles. The van der Waals surface area contributed by atoms with E-state index < -0.39 is 15.8 Å². The number of halogens is 1. The van der Waals surface area contributed by atoms with Crippen LogP contribution in [0.1, 0.15) is 16.1 Å². The Kier molecular flexibility index (Phi) is 7.42. The third kappa shape index (κ3) is 5.60. The van der Waals surface area contributed by atoms with Crippen molar-refractivity contribution in [3.63, 3.8) is 0 Å². The number of hydrogen-bond donors (Lipinski definition) is 0. The number of hydrogen-bond acceptors (Lipinski definition) is 6. The van der Waals surface area contributed by atoms with E-state index in [1.165, 1.54) is 27.8 Å². The third-order valence-corrected chi connectivity index (χ3v) is 8.78. The zero-order chi connectivity index (χ0) is 23.4. The van der Waals surface area contributed by atoms with Crippen LogP contribution >= 0.6 is 11.3 Å². The van der Waals surface area contributed by atoms with Gasteiger partial charge in [-0.3, -0.25) is 14.5 Å². The Hall–Kier alpha value is -2.34. The van der Waals surface area contributed by atoms with Gasteiger partial charge in [-0.05, 0) is 48.7 Å². The highest BCUT2D eigenvalue weighted by Crippen LogP contribution is 2.19. The van der Waals surface area contributed by atoms with Gasteiger partial charge in [0, 0.05) is 45.8 Å². The van der Waals surface area contributed by atoms with Gasteiger partial charge in [0.05, 0.1) is 16.3 Å². The lowest BCUT2D eigenvalue weighted by molar-refractivity contribution is -0.133. The summed E-state index contributed by atoms with van der Waals surface area (Å²) in [6, 6.07) is 8.50. The van der Waals surface area contributed by atoms with Gasteiger partial charge in [-0.15, -0.1) is 11.3 Å². The highest BCUT2D eigenvalue weighted by atomic mass is 32.2. The summed E-state index contributed by atoms with van der Waals surface area (Å²) >= 11 is 1.42. The Bertz CT molecular complexity index is 1070. The molecule has 2 aromatic rings. The molecule has 2 aliphatic heterocycles. The second kappa shape index (κ2) is 10.3. The van der Waals surface area contributed by atoms with Crippen LogP contribution < -0.4 is 0 Å². The molecule has 0 spiro atoms. The summed E-state index contributed by atoms with van der Waals surface area (Å²) in [5, 5.41) is 1.88. The number of amides is 2. The fourth-order valence-electron chi connectivity index (χ4n) is 4.11. The number of thiophene rings is 1. The van der Waals surface area contributed by atoms with Crippen LogP contribution in [0, 0.1) is 5.82 Å². The molecule has 0 atom stereocenters. The number of carbonyl (C=O) groups excluding carboxylic acids is 2. The molecule has 2 aliphatic rings. The summed E-state index contributed by atoms with van der Waals surface area (Å²) in [4.78, 5) is 31.6. The maximum atomic E-state index is 13.2. The smallest absolute Gasteiger partial charge is 0.264 e. The third-order valence-electron chi connectivity index (χ3n) is 6.01. The van der Waals surface area contributed by atoms with Crippen molar-refractivity contribution >= 4 is 33.2 Å². The minimum Gasteiger partial charge on any atom is -0.338 e. The van der Waals surface area contributed by atoms with Crippen molar-refractivity contribution in [2.24, 2.45) is 0 Å². The molecule has 1 aromatic heterocycles. The highest BCUT2D eigenvalue weighted by molar-refractivity contribution is 7.89. The molecule has 0 unspecified atom stereocenters. The minimum atomic E-state index is -3.70. The number of rotatable bonds is 5. The van der Waals surface area contributed by atoms with Crippen molar-refractivity contribution < 1.29 is 22.4 Å². The number of carbonyl (C=O) groups is 2. The van der Waals surface area contributed by atoms with Gasteiger partial charge >= 0.3 is 0 Å². The predicted molar refractivity (Wildman–Crippen MR) is 123 cm³/mol. The van der Waals surface area contributed by atoms with Crippen LogP contribution in [0.2, 0.25) is 0 Å². The molecule has 8 nitrogen and oxygen atoms in total. The summed E-state index contributed by atoms with van der Waals surface area (Å²) in [6.07, 6.45) is 0.608. The normalized spacial score (nSPS) is 18.8. The average molecular weight is 495 g/mol. The van der Waals surface area contributed by atoms with Gasteiger partial charge in [0.15, 0.2) is 0 Å². The van der Waals surface area contributed by atoms with Gasteiger partial charge in [0.25, 0.3) is 5.91 Å². The summed E-state index contributed by atoms with van der Waals surface area (Å²) in [6.45, 7) is 3.93. The van der Waals surface area contributed by atoms with E-state index in [-0.39, 0.29) is 29.8 Å². The van der Waals surface area contributed by atoms with Crippen LogP contribution in [0.4, 0.5) is 4.39 Å². The second-order valence-electron chi connectivity index (χ2n) is 8.14. The number of nitrogens with zero attached hydrogens (tertiary/aromatic N) is 4. The second-order valence-corrected chi connectivity index (χ2v) is 11.0. The Morgan fingerprint density at radius 3 is 2.24 bits per heavy atom. The van der Waals surface area contributed by atoms with Gasteiger partial charge in [0.1, 0.15) is 5.82 Å². The van der Waals surface area contributed by atoms with E-state index >= 15 is 0 Å². The molecule has 0 bridgehead atoms. The maximum absolute atomic E-state index is 13.2. The standard InChI is InChI=1S/C22H27FN4O4S2/c23-18-4-6-19(7-5-18)33(30,31)27-9-2-8-24(10-15-27)17-21(28)25-11-13-26(14-12-25)22(29)20-3-1-16-32-20/h1,3-7,16H,2,8-15,17H2. The van der Waals surface area contributed by atoms with Crippen LogP contribution in [0.25, 0.3) is 0 Å². The van der Waals surface area contributed by atoms with E-state index in [1.54, 1.807) is 9.80 Å². The first-order valence-corrected chi connectivity index (χ1v) is 13.3. The fourth-order valence-corrected chi connectivity index (χ4v) is 6.27. The van der Waals surface area contributed by atoms with Crippen LogP contribution in [0.3, 0.4) is 0 Å².